The Balaban J connectivity index is 2.43. The SMILES string of the molecule is CCCCC/C=C\C/C=C\CCCCCCCCCC(=O)OC(COCCCCCCCC/C=C\CCCCCCC)COC1OC(CO)C(O)C(OS(=O)(=O)O)C1O. The van der Waals surface area contributed by atoms with Crippen molar-refractivity contribution in [2.24, 2.45) is 0 Å². The van der Waals surface area contributed by atoms with E-state index in [1.165, 1.54) is 103 Å². The number of hydrogen-bond donors (Lipinski definition) is 4. The van der Waals surface area contributed by atoms with Gasteiger partial charge in [-0.05, 0) is 70.6 Å². The smallest absolute Gasteiger partial charge is 0.397 e. The maximum atomic E-state index is 12.9. The fourth-order valence-corrected chi connectivity index (χ4v) is 7.44. The van der Waals surface area contributed by atoms with Gasteiger partial charge in [0.25, 0.3) is 0 Å². The van der Waals surface area contributed by atoms with Gasteiger partial charge in [-0.1, -0.05) is 147 Å². The first-order valence-corrected chi connectivity index (χ1v) is 24.6. The van der Waals surface area contributed by atoms with Crippen LogP contribution in [0.3, 0.4) is 0 Å². The number of rotatable bonds is 40. The van der Waals surface area contributed by atoms with Crippen molar-refractivity contribution in [3.8, 4) is 0 Å². The zero-order valence-corrected chi connectivity index (χ0v) is 37.6. The number of allylic oxidation sites excluding steroid dienone is 6. The molecule has 6 atom stereocenters. The largest absolute Gasteiger partial charge is 0.457 e. The topological polar surface area (TPSA) is 178 Å². The van der Waals surface area contributed by atoms with Crippen LogP contribution in [-0.2, 0) is 38.3 Å². The van der Waals surface area contributed by atoms with Crippen molar-refractivity contribution in [2.45, 2.75) is 224 Å². The highest BCUT2D eigenvalue weighted by Crippen LogP contribution is 2.26. The predicted octanol–water partition coefficient (Wildman–Crippen LogP) is 9.80. The molecular weight excluding hydrogens is 777 g/mol. The van der Waals surface area contributed by atoms with Crippen LogP contribution < -0.4 is 0 Å². The Morgan fingerprint density at radius 1 is 0.644 bits per heavy atom. The highest BCUT2D eigenvalue weighted by atomic mass is 32.3. The Morgan fingerprint density at radius 3 is 1.66 bits per heavy atom. The van der Waals surface area contributed by atoms with E-state index in [0.717, 1.165) is 57.8 Å². The molecule has 4 N–H and O–H groups in total. The monoisotopic (exact) mass is 861 g/mol. The van der Waals surface area contributed by atoms with Gasteiger partial charge in [0.15, 0.2) is 6.29 Å². The van der Waals surface area contributed by atoms with Gasteiger partial charge in [0.05, 0.1) is 19.8 Å². The van der Waals surface area contributed by atoms with Crippen LogP contribution in [0.4, 0.5) is 0 Å². The molecule has 0 aliphatic carbocycles. The van der Waals surface area contributed by atoms with Crippen molar-refractivity contribution in [3.63, 3.8) is 0 Å². The molecule has 1 aliphatic rings. The maximum Gasteiger partial charge on any atom is 0.397 e. The molecule has 1 fully saturated rings. The fraction of sp³-hybridized carbons (Fsp3) is 0.848. The van der Waals surface area contributed by atoms with Crippen LogP contribution in [0.25, 0.3) is 0 Å². The summed E-state index contributed by atoms with van der Waals surface area (Å²) in [7, 11) is -5.06. The summed E-state index contributed by atoms with van der Waals surface area (Å²) in [5.41, 5.74) is 0. The Bertz CT molecular complexity index is 1180. The minimum atomic E-state index is -5.06. The van der Waals surface area contributed by atoms with Crippen molar-refractivity contribution in [1.29, 1.82) is 0 Å². The number of aliphatic hydroxyl groups is 3. The molecule has 59 heavy (non-hydrogen) atoms. The molecular formula is C46H84O12S. The molecule has 0 bridgehead atoms. The molecule has 1 heterocycles. The summed E-state index contributed by atoms with van der Waals surface area (Å²) in [4.78, 5) is 12.9. The van der Waals surface area contributed by atoms with E-state index < -0.39 is 59.8 Å². The molecule has 0 spiro atoms. The molecule has 0 aromatic heterocycles. The average Bonchev–Trinajstić information content (AvgIpc) is 3.20. The summed E-state index contributed by atoms with van der Waals surface area (Å²) in [5.74, 6) is -0.409. The van der Waals surface area contributed by atoms with E-state index in [0.29, 0.717) is 13.0 Å². The Kier molecular flexibility index (Phi) is 35.7. The van der Waals surface area contributed by atoms with Gasteiger partial charge in [0.1, 0.15) is 30.5 Å². The first-order valence-electron chi connectivity index (χ1n) is 23.2. The third-order valence-corrected chi connectivity index (χ3v) is 11.0. The summed E-state index contributed by atoms with van der Waals surface area (Å²) >= 11 is 0. The number of hydrogen-bond acceptors (Lipinski definition) is 11. The van der Waals surface area contributed by atoms with Gasteiger partial charge in [-0.25, -0.2) is 4.18 Å². The lowest BCUT2D eigenvalue weighted by atomic mass is 9.99. The molecule has 0 amide bonds. The summed E-state index contributed by atoms with van der Waals surface area (Å²) in [6.45, 7) is 3.94. The molecule has 0 saturated carbocycles. The van der Waals surface area contributed by atoms with Gasteiger partial charge in [0, 0.05) is 13.0 Å². The van der Waals surface area contributed by atoms with Gasteiger partial charge in [0.2, 0.25) is 0 Å². The maximum absolute atomic E-state index is 12.9. The van der Waals surface area contributed by atoms with Crippen molar-refractivity contribution in [3.05, 3.63) is 36.5 Å². The molecule has 0 aromatic carbocycles. The minimum Gasteiger partial charge on any atom is -0.457 e. The van der Waals surface area contributed by atoms with E-state index in [9.17, 15) is 28.5 Å². The number of carbonyl (C=O) groups is 1. The molecule has 0 aromatic rings. The fourth-order valence-electron chi connectivity index (χ4n) is 6.93. The van der Waals surface area contributed by atoms with Crippen molar-refractivity contribution < 1.29 is 56.2 Å². The zero-order chi connectivity index (χ0) is 43.2. The predicted molar refractivity (Wildman–Crippen MR) is 234 cm³/mol. The van der Waals surface area contributed by atoms with Crippen LogP contribution >= 0.6 is 0 Å². The summed E-state index contributed by atoms with van der Waals surface area (Å²) in [5, 5.41) is 30.7. The molecule has 12 nitrogen and oxygen atoms in total. The van der Waals surface area contributed by atoms with Crippen molar-refractivity contribution >= 4 is 16.4 Å². The Morgan fingerprint density at radius 2 is 1.12 bits per heavy atom. The normalized spacial score (nSPS) is 20.7. The lowest BCUT2D eigenvalue weighted by Crippen LogP contribution is -2.60. The van der Waals surface area contributed by atoms with Gasteiger partial charge in [-0.2, -0.15) is 8.42 Å². The standard InChI is InChI=1S/C46H84O12S/c1-3-5-7-9-11-13-15-17-19-20-21-23-25-27-29-31-33-35-42(48)56-40(39-55-46-44(50)45(58-59(51,52)53)43(49)41(37-47)57-46)38-54-36-34-32-30-28-26-24-22-18-16-14-12-10-8-6-4-2/h11,13,16-19,40-41,43-47,49-50H,3-10,12,14-15,20-39H2,1-2H3,(H,51,52,53)/b13-11-,18-16-,19-17-. The third-order valence-electron chi connectivity index (χ3n) is 10.5. The lowest BCUT2D eigenvalue weighted by molar-refractivity contribution is -0.301. The van der Waals surface area contributed by atoms with E-state index >= 15 is 0 Å². The van der Waals surface area contributed by atoms with E-state index in [1.54, 1.807) is 0 Å². The number of carbonyl (C=O) groups excluding carboxylic acids is 1. The van der Waals surface area contributed by atoms with Crippen molar-refractivity contribution in [2.75, 3.05) is 26.4 Å². The first-order chi connectivity index (χ1) is 28.6. The first kappa shape index (κ1) is 55.3. The number of esters is 1. The van der Waals surface area contributed by atoms with E-state index in [2.05, 4.69) is 54.5 Å². The molecule has 1 aliphatic heterocycles. The Labute approximate surface area is 358 Å². The molecule has 1 rings (SSSR count). The molecule has 6 unspecified atom stereocenters. The average molecular weight is 861 g/mol. The van der Waals surface area contributed by atoms with E-state index in [1.807, 2.05) is 0 Å². The lowest BCUT2D eigenvalue weighted by Gasteiger charge is -2.41. The van der Waals surface area contributed by atoms with Crippen LogP contribution in [-0.4, -0.2) is 97.5 Å². The zero-order valence-electron chi connectivity index (χ0n) is 36.8. The summed E-state index contributed by atoms with van der Waals surface area (Å²) < 4.78 is 59.1. The van der Waals surface area contributed by atoms with E-state index in [-0.39, 0.29) is 19.6 Å². The highest BCUT2D eigenvalue weighted by Gasteiger charge is 2.48. The molecule has 346 valence electrons. The van der Waals surface area contributed by atoms with Crippen LogP contribution in [0.5, 0.6) is 0 Å². The molecule has 1 saturated heterocycles. The highest BCUT2D eigenvalue weighted by molar-refractivity contribution is 7.80. The minimum absolute atomic E-state index is 0.0292. The third kappa shape index (κ3) is 31.8. The number of ether oxygens (including phenoxy) is 4. The van der Waals surface area contributed by atoms with Gasteiger partial charge in [-0.15, -0.1) is 0 Å². The second kappa shape index (κ2) is 38.0. The van der Waals surface area contributed by atoms with E-state index in [4.69, 9.17) is 23.5 Å². The van der Waals surface area contributed by atoms with Crippen molar-refractivity contribution in [1.82, 2.24) is 0 Å². The van der Waals surface area contributed by atoms with Gasteiger partial charge < -0.3 is 34.3 Å². The second-order valence-electron chi connectivity index (χ2n) is 16.0. The second-order valence-corrected chi connectivity index (χ2v) is 17.0. The summed E-state index contributed by atoms with van der Waals surface area (Å²) in [6, 6.07) is 0. The van der Waals surface area contributed by atoms with Gasteiger partial charge in [-0.3, -0.25) is 9.35 Å². The number of unbranched alkanes of at least 4 members (excludes halogenated alkanes) is 21. The molecule has 13 heteroatoms. The van der Waals surface area contributed by atoms with Gasteiger partial charge >= 0.3 is 16.4 Å². The van der Waals surface area contributed by atoms with Crippen LogP contribution in [0.1, 0.15) is 187 Å². The Hall–Kier alpha value is -1.68. The van der Waals surface area contributed by atoms with Crippen LogP contribution in [0, 0.1) is 0 Å². The van der Waals surface area contributed by atoms with Crippen LogP contribution in [0.15, 0.2) is 36.5 Å². The quantitative estimate of drug-likeness (QED) is 0.0199. The number of aliphatic hydroxyl groups excluding tert-OH is 3. The van der Waals surface area contributed by atoms with Crippen LogP contribution in [0.2, 0.25) is 0 Å². The molecule has 0 radical (unpaired) electrons. The summed E-state index contributed by atoms with van der Waals surface area (Å²) in [6.07, 6.45) is 34.5.